The molecule has 0 bridgehead atoms. The molecule has 0 heterocycles. The highest BCUT2D eigenvalue weighted by molar-refractivity contribution is 7.89. The Labute approximate surface area is 111 Å². The average Bonchev–Trinajstić information content (AvgIpc) is 2.37. The average molecular weight is 293 g/mol. The van der Waals surface area contributed by atoms with Gasteiger partial charge in [0.15, 0.2) is 11.5 Å². The number of sulfonamides is 1. The van der Waals surface area contributed by atoms with Crippen LogP contribution in [0.3, 0.4) is 0 Å². The van der Waals surface area contributed by atoms with Crippen molar-refractivity contribution in [3.05, 3.63) is 17.9 Å². The fraction of sp³-hybridized carbons (Fsp3) is 0.455. The molecule has 0 saturated carbocycles. The zero-order valence-electron chi connectivity index (χ0n) is 10.8. The highest BCUT2D eigenvalue weighted by atomic mass is 32.2. The lowest BCUT2D eigenvalue weighted by Gasteiger charge is -2.14. The van der Waals surface area contributed by atoms with E-state index in [1.165, 1.54) is 21.1 Å². The van der Waals surface area contributed by atoms with Crippen LogP contribution >= 0.6 is 0 Å². The predicted molar refractivity (Wildman–Crippen MR) is 66.4 cm³/mol. The van der Waals surface area contributed by atoms with E-state index >= 15 is 0 Å². The van der Waals surface area contributed by atoms with Crippen LogP contribution in [0, 0.1) is 5.82 Å². The minimum absolute atomic E-state index is 0.0918. The predicted octanol–water partition coefficient (Wildman–Crippen LogP) is 0.502. The Morgan fingerprint density at radius 2 is 1.84 bits per heavy atom. The molecule has 0 aliphatic carbocycles. The van der Waals surface area contributed by atoms with E-state index in [1.54, 1.807) is 0 Å². The molecular formula is C11H16FNO5S. The molecule has 2 N–H and O–H groups in total. The number of nitrogens with one attached hydrogen (secondary N) is 1. The number of rotatable bonds is 6. The summed E-state index contributed by atoms with van der Waals surface area (Å²) in [6.45, 7) is 1.06. The Hall–Kier alpha value is -1.38. The summed E-state index contributed by atoms with van der Waals surface area (Å²) in [5, 5.41) is 8.83. The minimum Gasteiger partial charge on any atom is -0.493 e. The van der Waals surface area contributed by atoms with Gasteiger partial charge in [-0.15, -0.1) is 0 Å². The lowest BCUT2D eigenvalue weighted by atomic mass is 10.3. The van der Waals surface area contributed by atoms with Gasteiger partial charge in [0.2, 0.25) is 10.0 Å². The standard InChI is InChI=1S/C11H16FNO5S/c1-7(6-14)13-19(15,16)11-5-10(18-3)9(17-2)4-8(11)12/h4-5,7,13-14H,6H2,1-3H3. The van der Waals surface area contributed by atoms with Crippen LogP contribution in [0.15, 0.2) is 17.0 Å². The molecule has 108 valence electrons. The van der Waals surface area contributed by atoms with Gasteiger partial charge in [-0.05, 0) is 6.92 Å². The SMILES string of the molecule is COc1cc(F)c(S(=O)(=O)NC(C)CO)cc1OC. The van der Waals surface area contributed by atoms with Crippen LogP contribution in [-0.4, -0.2) is 40.4 Å². The zero-order chi connectivity index (χ0) is 14.6. The fourth-order valence-corrected chi connectivity index (χ4v) is 2.72. The normalized spacial score (nSPS) is 13.1. The molecule has 8 heteroatoms. The molecule has 0 spiro atoms. The number of halogens is 1. The molecule has 6 nitrogen and oxygen atoms in total. The van der Waals surface area contributed by atoms with E-state index in [2.05, 4.69) is 4.72 Å². The van der Waals surface area contributed by atoms with Gasteiger partial charge in [0.05, 0.1) is 20.8 Å². The van der Waals surface area contributed by atoms with Gasteiger partial charge in [0.1, 0.15) is 10.7 Å². The highest BCUT2D eigenvalue weighted by Crippen LogP contribution is 2.31. The monoisotopic (exact) mass is 293 g/mol. The van der Waals surface area contributed by atoms with E-state index in [0.29, 0.717) is 0 Å². The van der Waals surface area contributed by atoms with Gasteiger partial charge in [-0.25, -0.2) is 17.5 Å². The fourth-order valence-electron chi connectivity index (χ4n) is 1.41. The van der Waals surface area contributed by atoms with Gasteiger partial charge < -0.3 is 14.6 Å². The molecule has 0 radical (unpaired) electrons. The number of methoxy groups -OCH3 is 2. The third-order valence-corrected chi connectivity index (χ3v) is 3.96. The second-order valence-electron chi connectivity index (χ2n) is 3.84. The third-order valence-electron chi connectivity index (χ3n) is 2.36. The Morgan fingerprint density at radius 1 is 1.32 bits per heavy atom. The first kappa shape index (κ1) is 15.7. The van der Waals surface area contributed by atoms with Crippen molar-refractivity contribution >= 4 is 10.0 Å². The molecule has 0 saturated heterocycles. The first-order valence-electron chi connectivity index (χ1n) is 5.40. The number of benzene rings is 1. The molecule has 1 unspecified atom stereocenters. The Bertz CT molecular complexity index is 546. The third kappa shape index (κ3) is 3.55. The summed E-state index contributed by atoms with van der Waals surface area (Å²) in [6, 6.07) is 1.23. The van der Waals surface area contributed by atoms with E-state index in [1.807, 2.05) is 0 Å². The minimum atomic E-state index is -4.08. The summed E-state index contributed by atoms with van der Waals surface area (Å²) in [4.78, 5) is -0.564. The summed E-state index contributed by atoms with van der Waals surface area (Å²) < 4.78 is 49.6. The smallest absolute Gasteiger partial charge is 0.243 e. The van der Waals surface area contributed by atoms with E-state index in [4.69, 9.17) is 14.6 Å². The second kappa shape index (κ2) is 6.18. The molecule has 1 aromatic carbocycles. The number of hydrogen-bond donors (Lipinski definition) is 2. The number of aliphatic hydroxyl groups is 1. The molecular weight excluding hydrogens is 277 g/mol. The molecule has 1 rings (SSSR count). The van der Waals surface area contributed by atoms with Crippen molar-refractivity contribution in [3.8, 4) is 11.5 Å². The first-order valence-corrected chi connectivity index (χ1v) is 6.88. The number of hydrogen-bond acceptors (Lipinski definition) is 5. The quantitative estimate of drug-likeness (QED) is 0.798. The van der Waals surface area contributed by atoms with Gasteiger partial charge in [0, 0.05) is 18.2 Å². The molecule has 0 aliphatic heterocycles. The van der Waals surface area contributed by atoms with Crippen LogP contribution in [0.2, 0.25) is 0 Å². The first-order chi connectivity index (χ1) is 8.85. The Balaban J connectivity index is 3.27. The molecule has 19 heavy (non-hydrogen) atoms. The largest absolute Gasteiger partial charge is 0.493 e. The molecule has 1 aromatic rings. The molecule has 0 aliphatic rings. The van der Waals surface area contributed by atoms with Gasteiger partial charge in [-0.2, -0.15) is 0 Å². The Kier molecular flexibility index (Phi) is 5.10. The van der Waals surface area contributed by atoms with E-state index in [9.17, 15) is 12.8 Å². The van der Waals surface area contributed by atoms with Crippen molar-refractivity contribution in [1.29, 1.82) is 0 Å². The van der Waals surface area contributed by atoms with E-state index in [-0.39, 0.29) is 11.5 Å². The molecule has 0 amide bonds. The Morgan fingerprint density at radius 3 is 2.32 bits per heavy atom. The highest BCUT2D eigenvalue weighted by Gasteiger charge is 2.24. The number of ether oxygens (including phenoxy) is 2. The molecule has 0 fully saturated rings. The van der Waals surface area contributed by atoms with Crippen LogP contribution in [0.1, 0.15) is 6.92 Å². The van der Waals surface area contributed by atoms with Crippen LogP contribution in [0.25, 0.3) is 0 Å². The van der Waals surface area contributed by atoms with Crippen molar-refractivity contribution in [3.63, 3.8) is 0 Å². The van der Waals surface area contributed by atoms with Crippen molar-refractivity contribution in [2.75, 3.05) is 20.8 Å². The molecule has 1 atom stereocenters. The molecule has 0 aromatic heterocycles. The van der Waals surface area contributed by atoms with Crippen LogP contribution < -0.4 is 14.2 Å². The van der Waals surface area contributed by atoms with Gasteiger partial charge in [-0.1, -0.05) is 0 Å². The van der Waals surface area contributed by atoms with Crippen molar-refractivity contribution in [2.24, 2.45) is 0 Å². The van der Waals surface area contributed by atoms with Crippen molar-refractivity contribution in [1.82, 2.24) is 4.72 Å². The van der Waals surface area contributed by atoms with Crippen LogP contribution in [0.4, 0.5) is 4.39 Å². The van der Waals surface area contributed by atoms with E-state index in [0.717, 1.165) is 12.1 Å². The van der Waals surface area contributed by atoms with Crippen LogP contribution in [0.5, 0.6) is 11.5 Å². The topological polar surface area (TPSA) is 84.9 Å². The summed E-state index contributed by atoms with van der Waals surface area (Å²) in [7, 11) is -1.45. The van der Waals surface area contributed by atoms with Crippen molar-refractivity contribution < 1.29 is 27.4 Å². The lowest BCUT2D eigenvalue weighted by Crippen LogP contribution is -2.35. The maximum atomic E-state index is 13.8. The van der Waals surface area contributed by atoms with Gasteiger partial charge in [-0.3, -0.25) is 0 Å². The summed E-state index contributed by atoms with van der Waals surface area (Å²) in [5.41, 5.74) is 0. The summed E-state index contributed by atoms with van der Waals surface area (Å²) >= 11 is 0. The van der Waals surface area contributed by atoms with Crippen molar-refractivity contribution in [2.45, 2.75) is 17.9 Å². The lowest BCUT2D eigenvalue weighted by molar-refractivity contribution is 0.265. The summed E-state index contributed by atoms with van der Waals surface area (Å²) in [5.74, 6) is -0.773. The maximum absolute atomic E-state index is 13.8. The van der Waals surface area contributed by atoms with Gasteiger partial charge in [0.25, 0.3) is 0 Å². The number of aliphatic hydroxyl groups excluding tert-OH is 1. The summed E-state index contributed by atoms with van der Waals surface area (Å²) in [6.07, 6.45) is 0. The van der Waals surface area contributed by atoms with Gasteiger partial charge >= 0.3 is 0 Å². The maximum Gasteiger partial charge on any atom is 0.243 e. The van der Waals surface area contributed by atoms with Crippen LogP contribution in [-0.2, 0) is 10.0 Å². The zero-order valence-corrected chi connectivity index (χ0v) is 11.6. The second-order valence-corrected chi connectivity index (χ2v) is 5.52. The van der Waals surface area contributed by atoms with E-state index < -0.39 is 33.4 Å².